The van der Waals surface area contributed by atoms with Crippen molar-refractivity contribution < 1.29 is 18.0 Å². The highest BCUT2D eigenvalue weighted by atomic mass is 19.4. The lowest BCUT2D eigenvalue weighted by Crippen LogP contribution is -2.52. The third-order valence-electron chi connectivity index (χ3n) is 2.90. The number of carbonyl (C=O) groups excluding carboxylic acids is 1. The van der Waals surface area contributed by atoms with Gasteiger partial charge >= 0.3 is 6.18 Å². The van der Waals surface area contributed by atoms with Gasteiger partial charge in [-0.2, -0.15) is 18.3 Å². The number of amides is 1. The topological polar surface area (TPSA) is 72.9 Å². The second kappa shape index (κ2) is 4.97. The fourth-order valence-corrected chi connectivity index (χ4v) is 1.34. The lowest BCUT2D eigenvalue weighted by Gasteiger charge is -2.25. The van der Waals surface area contributed by atoms with Gasteiger partial charge in [-0.15, -0.1) is 0 Å². The van der Waals surface area contributed by atoms with E-state index in [0.717, 1.165) is 17.1 Å². The zero-order valence-electron chi connectivity index (χ0n) is 10.1. The number of hydrogen-bond donors (Lipinski definition) is 2. The van der Waals surface area contributed by atoms with Gasteiger partial charge in [0.05, 0.1) is 17.3 Å². The molecule has 1 aromatic heterocycles. The molecular weight excluding hydrogens is 249 g/mol. The number of aryl methyl sites for hydroxylation is 1. The number of alkyl halides is 3. The molecule has 0 bridgehead atoms. The molecule has 0 aromatic carbocycles. The quantitative estimate of drug-likeness (QED) is 0.824. The molecule has 8 heteroatoms. The van der Waals surface area contributed by atoms with Crippen LogP contribution in [0.5, 0.6) is 0 Å². The Hall–Kier alpha value is -1.57. The number of nitrogens with two attached hydrogens (primary N) is 1. The second-order valence-electron chi connectivity index (χ2n) is 4.19. The molecule has 1 atom stereocenters. The SMILES string of the molecule is CNC(C)(CCn1cc(C(F)(F)F)cn1)C(N)=O. The van der Waals surface area contributed by atoms with Crippen LogP contribution in [0, 0.1) is 0 Å². The van der Waals surface area contributed by atoms with Crippen LogP contribution in [0.1, 0.15) is 18.9 Å². The summed E-state index contributed by atoms with van der Waals surface area (Å²) < 4.78 is 38.1. The van der Waals surface area contributed by atoms with Crippen LogP contribution in [0.3, 0.4) is 0 Å². The standard InChI is InChI=1S/C10H15F3N4O/c1-9(15-2,8(14)18)3-4-17-6-7(5-16-17)10(11,12)13/h5-6,15H,3-4H2,1-2H3,(H2,14,18). The van der Waals surface area contributed by atoms with Gasteiger partial charge < -0.3 is 11.1 Å². The predicted molar refractivity (Wildman–Crippen MR) is 58.5 cm³/mol. The number of carbonyl (C=O) groups is 1. The summed E-state index contributed by atoms with van der Waals surface area (Å²) in [4.78, 5) is 11.2. The Morgan fingerprint density at radius 1 is 1.56 bits per heavy atom. The van der Waals surface area contributed by atoms with Crippen LogP contribution in [0.25, 0.3) is 0 Å². The summed E-state index contributed by atoms with van der Waals surface area (Å²) in [5, 5.41) is 6.34. The first-order valence-corrected chi connectivity index (χ1v) is 5.27. The van der Waals surface area contributed by atoms with Crippen LogP contribution in [0.4, 0.5) is 13.2 Å². The maximum atomic E-state index is 12.3. The predicted octanol–water partition coefficient (Wildman–Crippen LogP) is 0.755. The van der Waals surface area contributed by atoms with Crippen LogP contribution < -0.4 is 11.1 Å². The number of halogens is 3. The van der Waals surface area contributed by atoms with E-state index >= 15 is 0 Å². The summed E-state index contributed by atoms with van der Waals surface area (Å²) in [5.74, 6) is -0.562. The first-order valence-electron chi connectivity index (χ1n) is 5.27. The van der Waals surface area contributed by atoms with Crippen molar-refractivity contribution in [2.45, 2.75) is 31.6 Å². The summed E-state index contributed by atoms with van der Waals surface area (Å²) in [7, 11) is 1.56. The number of hydrogen-bond acceptors (Lipinski definition) is 3. The Morgan fingerprint density at radius 2 is 2.17 bits per heavy atom. The molecule has 0 aliphatic rings. The minimum absolute atomic E-state index is 0.163. The zero-order chi connectivity index (χ0) is 14.0. The smallest absolute Gasteiger partial charge is 0.368 e. The molecule has 0 saturated carbocycles. The van der Waals surface area contributed by atoms with Crippen LogP contribution in [-0.2, 0) is 17.5 Å². The number of aromatic nitrogens is 2. The number of nitrogens with one attached hydrogen (secondary N) is 1. The van der Waals surface area contributed by atoms with E-state index in [9.17, 15) is 18.0 Å². The van der Waals surface area contributed by atoms with E-state index in [4.69, 9.17) is 5.73 Å². The van der Waals surface area contributed by atoms with E-state index in [0.29, 0.717) is 0 Å². The highest BCUT2D eigenvalue weighted by Gasteiger charge is 2.33. The first kappa shape index (κ1) is 14.5. The van der Waals surface area contributed by atoms with Gasteiger partial charge in [-0.05, 0) is 20.4 Å². The molecule has 1 amide bonds. The molecule has 0 radical (unpaired) electrons. The number of nitrogens with zero attached hydrogens (tertiary/aromatic N) is 2. The van der Waals surface area contributed by atoms with E-state index in [2.05, 4.69) is 10.4 Å². The Labute approximate surface area is 102 Å². The minimum Gasteiger partial charge on any atom is -0.368 e. The molecule has 0 spiro atoms. The molecule has 0 aliphatic carbocycles. The van der Waals surface area contributed by atoms with Crippen molar-refractivity contribution in [2.75, 3.05) is 7.05 Å². The normalized spacial score (nSPS) is 15.4. The lowest BCUT2D eigenvalue weighted by atomic mass is 9.97. The average molecular weight is 264 g/mol. The van der Waals surface area contributed by atoms with Crippen molar-refractivity contribution in [3.05, 3.63) is 18.0 Å². The summed E-state index contributed by atoms with van der Waals surface area (Å²) in [6.45, 7) is 1.75. The Bertz CT molecular complexity index is 429. The maximum Gasteiger partial charge on any atom is 0.419 e. The van der Waals surface area contributed by atoms with Gasteiger partial charge in [-0.25, -0.2) is 0 Å². The monoisotopic (exact) mass is 264 g/mol. The summed E-state index contributed by atoms with van der Waals surface area (Å²) >= 11 is 0. The van der Waals surface area contributed by atoms with Gasteiger partial charge in [0.25, 0.3) is 0 Å². The zero-order valence-corrected chi connectivity index (χ0v) is 10.1. The molecule has 0 fully saturated rings. The van der Waals surface area contributed by atoms with Crippen LogP contribution in [0.15, 0.2) is 12.4 Å². The van der Waals surface area contributed by atoms with Gasteiger partial charge in [0.1, 0.15) is 0 Å². The van der Waals surface area contributed by atoms with Gasteiger partial charge in [0.2, 0.25) is 5.91 Å². The largest absolute Gasteiger partial charge is 0.419 e. The van der Waals surface area contributed by atoms with Crippen molar-refractivity contribution in [1.82, 2.24) is 15.1 Å². The van der Waals surface area contributed by atoms with Crippen molar-refractivity contribution in [3.8, 4) is 0 Å². The Balaban J connectivity index is 2.70. The van der Waals surface area contributed by atoms with Crippen LogP contribution >= 0.6 is 0 Å². The molecule has 0 saturated heterocycles. The number of rotatable bonds is 5. The third-order valence-corrected chi connectivity index (χ3v) is 2.90. The van der Waals surface area contributed by atoms with Gasteiger partial charge in [-0.1, -0.05) is 0 Å². The maximum absolute atomic E-state index is 12.3. The van der Waals surface area contributed by atoms with Crippen LogP contribution in [-0.4, -0.2) is 28.3 Å². The van der Waals surface area contributed by atoms with Crippen molar-refractivity contribution >= 4 is 5.91 Å². The molecular formula is C10H15F3N4O. The minimum atomic E-state index is -4.41. The van der Waals surface area contributed by atoms with E-state index in [1.165, 1.54) is 0 Å². The third kappa shape index (κ3) is 3.22. The average Bonchev–Trinajstić information content (AvgIpc) is 2.73. The van der Waals surface area contributed by atoms with Crippen LogP contribution in [0.2, 0.25) is 0 Å². The highest BCUT2D eigenvalue weighted by Crippen LogP contribution is 2.28. The molecule has 5 nitrogen and oxygen atoms in total. The molecule has 0 aliphatic heterocycles. The molecule has 1 heterocycles. The van der Waals surface area contributed by atoms with Gasteiger partial charge in [-0.3, -0.25) is 9.48 Å². The fourth-order valence-electron chi connectivity index (χ4n) is 1.34. The number of primary amides is 1. The fraction of sp³-hybridized carbons (Fsp3) is 0.600. The molecule has 1 aromatic rings. The van der Waals surface area contributed by atoms with Gasteiger partial charge in [0, 0.05) is 12.7 Å². The lowest BCUT2D eigenvalue weighted by molar-refractivity contribution is -0.137. The van der Waals surface area contributed by atoms with E-state index < -0.39 is 23.2 Å². The summed E-state index contributed by atoms with van der Waals surface area (Å²) in [6, 6.07) is 0. The highest BCUT2D eigenvalue weighted by molar-refractivity contribution is 5.84. The van der Waals surface area contributed by atoms with E-state index in [1.807, 2.05) is 0 Å². The second-order valence-corrected chi connectivity index (χ2v) is 4.19. The van der Waals surface area contributed by atoms with E-state index in [1.54, 1.807) is 14.0 Å². The van der Waals surface area contributed by atoms with E-state index in [-0.39, 0.29) is 13.0 Å². The van der Waals surface area contributed by atoms with Crippen molar-refractivity contribution in [2.24, 2.45) is 5.73 Å². The molecule has 1 rings (SSSR count). The van der Waals surface area contributed by atoms with Gasteiger partial charge in [0.15, 0.2) is 0 Å². The molecule has 1 unspecified atom stereocenters. The van der Waals surface area contributed by atoms with Crippen molar-refractivity contribution in [3.63, 3.8) is 0 Å². The Kier molecular flexibility index (Phi) is 4.00. The Morgan fingerprint density at radius 3 is 2.56 bits per heavy atom. The van der Waals surface area contributed by atoms with Crippen molar-refractivity contribution in [1.29, 1.82) is 0 Å². The first-order chi connectivity index (χ1) is 8.19. The molecule has 18 heavy (non-hydrogen) atoms. The molecule has 102 valence electrons. The summed E-state index contributed by atoms with van der Waals surface area (Å²) in [5.41, 5.74) is 3.43. The molecule has 3 N–H and O–H groups in total. The number of likely N-dealkylation sites (N-methyl/N-ethyl adjacent to an activating group) is 1. The summed E-state index contributed by atoms with van der Waals surface area (Å²) in [6.07, 6.45) is -2.51.